The molecule has 1 fully saturated rings. The molecule has 0 amide bonds. The summed E-state index contributed by atoms with van der Waals surface area (Å²) in [5.41, 5.74) is -0.233. The summed E-state index contributed by atoms with van der Waals surface area (Å²) in [6, 6.07) is 0. The fraction of sp³-hybridized carbons (Fsp3) is 1.00. The molecule has 0 aromatic rings. The van der Waals surface area contributed by atoms with E-state index in [-0.39, 0.29) is 5.60 Å². The van der Waals surface area contributed by atoms with E-state index in [1.54, 1.807) is 0 Å². The highest BCUT2D eigenvalue weighted by atomic mass is 16.3. The Kier molecular flexibility index (Phi) is 1.80. The van der Waals surface area contributed by atoms with Gasteiger partial charge in [-0.2, -0.15) is 0 Å². The molecular formula is C8H16O. The van der Waals surface area contributed by atoms with Crippen molar-refractivity contribution < 1.29 is 5.11 Å². The number of rotatable bonds is 3. The van der Waals surface area contributed by atoms with Crippen LogP contribution in [0.3, 0.4) is 0 Å². The van der Waals surface area contributed by atoms with Crippen LogP contribution in [0, 0.1) is 5.92 Å². The van der Waals surface area contributed by atoms with Crippen molar-refractivity contribution in [2.45, 2.75) is 45.1 Å². The molecule has 1 aliphatic carbocycles. The molecule has 1 heteroatoms. The molecule has 9 heavy (non-hydrogen) atoms. The first-order chi connectivity index (χ1) is 4.23. The van der Waals surface area contributed by atoms with Crippen LogP contribution in [-0.2, 0) is 0 Å². The van der Waals surface area contributed by atoms with E-state index in [4.69, 9.17) is 0 Å². The van der Waals surface area contributed by atoms with Gasteiger partial charge in [-0.3, -0.25) is 0 Å². The molecule has 0 spiro atoms. The van der Waals surface area contributed by atoms with Gasteiger partial charge in [-0.25, -0.2) is 0 Å². The van der Waals surface area contributed by atoms with Crippen LogP contribution in [0.5, 0.6) is 0 Å². The van der Waals surface area contributed by atoms with E-state index in [1.165, 1.54) is 0 Å². The van der Waals surface area contributed by atoms with Gasteiger partial charge in [-0.1, -0.05) is 26.7 Å². The lowest BCUT2D eigenvalue weighted by Gasteiger charge is -2.05. The highest BCUT2D eigenvalue weighted by Crippen LogP contribution is 2.48. The Morgan fingerprint density at radius 3 is 2.56 bits per heavy atom. The van der Waals surface area contributed by atoms with Gasteiger partial charge < -0.3 is 5.11 Å². The van der Waals surface area contributed by atoms with E-state index in [0.717, 1.165) is 25.7 Å². The zero-order chi connectivity index (χ0) is 6.91. The van der Waals surface area contributed by atoms with Gasteiger partial charge in [0.05, 0.1) is 5.60 Å². The predicted molar refractivity (Wildman–Crippen MR) is 38.3 cm³/mol. The zero-order valence-corrected chi connectivity index (χ0v) is 6.35. The zero-order valence-electron chi connectivity index (χ0n) is 6.35. The molecule has 1 aliphatic rings. The van der Waals surface area contributed by atoms with Crippen molar-refractivity contribution in [2.75, 3.05) is 0 Å². The summed E-state index contributed by atoms with van der Waals surface area (Å²) in [4.78, 5) is 0. The summed E-state index contributed by atoms with van der Waals surface area (Å²) >= 11 is 0. The van der Waals surface area contributed by atoms with Gasteiger partial charge in [0, 0.05) is 0 Å². The quantitative estimate of drug-likeness (QED) is 0.616. The van der Waals surface area contributed by atoms with Crippen LogP contribution in [0.4, 0.5) is 0 Å². The average molecular weight is 128 g/mol. The largest absolute Gasteiger partial charge is 0.390 e. The molecule has 0 heterocycles. The Morgan fingerprint density at radius 2 is 2.22 bits per heavy atom. The molecule has 0 radical (unpaired) electrons. The van der Waals surface area contributed by atoms with Crippen LogP contribution in [0.2, 0.25) is 0 Å². The molecule has 0 unspecified atom stereocenters. The lowest BCUT2D eigenvalue weighted by Crippen LogP contribution is -2.09. The molecule has 0 aromatic heterocycles. The molecule has 1 rings (SSSR count). The number of hydrogen-bond acceptors (Lipinski definition) is 1. The summed E-state index contributed by atoms with van der Waals surface area (Å²) in [5.74, 6) is 0.623. The fourth-order valence-corrected chi connectivity index (χ4v) is 1.63. The van der Waals surface area contributed by atoms with Gasteiger partial charge in [0.1, 0.15) is 0 Å². The van der Waals surface area contributed by atoms with Crippen LogP contribution in [0.25, 0.3) is 0 Å². The van der Waals surface area contributed by atoms with Crippen molar-refractivity contribution in [2.24, 2.45) is 5.92 Å². The molecule has 0 saturated heterocycles. The van der Waals surface area contributed by atoms with E-state index < -0.39 is 0 Å². The maximum absolute atomic E-state index is 9.59. The summed E-state index contributed by atoms with van der Waals surface area (Å²) in [6.07, 6.45) is 4.33. The van der Waals surface area contributed by atoms with E-state index in [1.807, 2.05) is 0 Å². The molecule has 1 nitrogen and oxygen atoms in total. The van der Waals surface area contributed by atoms with Crippen molar-refractivity contribution in [1.82, 2.24) is 0 Å². The van der Waals surface area contributed by atoms with Gasteiger partial charge in [0.15, 0.2) is 0 Å². The number of aliphatic hydroxyl groups is 1. The summed E-state index contributed by atoms with van der Waals surface area (Å²) in [6.45, 7) is 4.28. The van der Waals surface area contributed by atoms with E-state index >= 15 is 0 Å². The maximum atomic E-state index is 9.59. The molecule has 0 aliphatic heterocycles. The molecule has 1 N–H and O–H groups in total. The molecule has 54 valence electrons. The van der Waals surface area contributed by atoms with E-state index in [2.05, 4.69) is 13.8 Å². The second kappa shape index (κ2) is 2.30. The molecule has 1 saturated carbocycles. The minimum atomic E-state index is -0.233. The first-order valence-electron chi connectivity index (χ1n) is 3.95. The van der Waals surface area contributed by atoms with Gasteiger partial charge >= 0.3 is 0 Å². The second-order valence-corrected chi connectivity index (χ2v) is 3.16. The monoisotopic (exact) mass is 128 g/mol. The third-order valence-corrected chi connectivity index (χ3v) is 2.38. The Hall–Kier alpha value is -0.0400. The number of hydrogen-bond donors (Lipinski definition) is 1. The lowest BCUT2D eigenvalue weighted by atomic mass is 10.1. The van der Waals surface area contributed by atoms with E-state index in [0.29, 0.717) is 5.92 Å². The molecule has 2 atom stereocenters. The van der Waals surface area contributed by atoms with Gasteiger partial charge in [-0.05, 0) is 18.8 Å². The Labute approximate surface area is 57.1 Å². The van der Waals surface area contributed by atoms with Gasteiger partial charge in [-0.15, -0.1) is 0 Å². The van der Waals surface area contributed by atoms with Crippen molar-refractivity contribution in [3.63, 3.8) is 0 Å². The minimum Gasteiger partial charge on any atom is -0.390 e. The summed E-state index contributed by atoms with van der Waals surface area (Å²) in [7, 11) is 0. The standard InChI is InChI=1S/C8H16O/c1-3-5-8(9)6-7(8)4-2/h7,9H,3-6H2,1-2H3/t7-,8-/m1/s1. The van der Waals surface area contributed by atoms with Crippen LogP contribution < -0.4 is 0 Å². The van der Waals surface area contributed by atoms with Crippen LogP contribution >= 0.6 is 0 Å². The van der Waals surface area contributed by atoms with Crippen molar-refractivity contribution in [1.29, 1.82) is 0 Å². The normalized spacial score (nSPS) is 41.0. The molecule has 0 bridgehead atoms. The van der Waals surface area contributed by atoms with Crippen molar-refractivity contribution in [3.05, 3.63) is 0 Å². The topological polar surface area (TPSA) is 20.2 Å². The Balaban J connectivity index is 2.25. The van der Waals surface area contributed by atoms with Crippen molar-refractivity contribution >= 4 is 0 Å². The first kappa shape index (κ1) is 7.07. The van der Waals surface area contributed by atoms with Gasteiger partial charge in [0.2, 0.25) is 0 Å². The third kappa shape index (κ3) is 1.26. The van der Waals surface area contributed by atoms with E-state index in [9.17, 15) is 5.11 Å². The van der Waals surface area contributed by atoms with Gasteiger partial charge in [0.25, 0.3) is 0 Å². The maximum Gasteiger partial charge on any atom is 0.0680 e. The second-order valence-electron chi connectivity index (χ2n) is 3.16. The first-order valence-corrected chi connectivity index (χ1v) is 3.95. The predicted octanol–water partition coefficient (Wildman–Crippen LogP) is 1.95. The van der Waals surface area contributed by atoms with Crippen LogP contribution in [-0.4, -0.2) is 10.7 Å². The smallest absolute Gasteiger partial charge is 0.0680 e. The molecule has 0 aromatic carbocycles. The fourth-order valence-electron chi connectivity index (χ4n) is 1.63. The summed E-state index contributed by atoms with van der Waals surface area (Å²) in [5, 5.41) is 9.59. The van der Waals surface area contributed by atoms with Crippen LogP contribution in [0.15, 0.2) is 0 Å². The Morgan fingerprint density at radius 1 is 1.56 bits per heavy atom. The third-order valence-electron chi connectivity index (χ3n) is 2.38. The van der Waals surface area contributed by atoms with Crippen molar-refractivity contribution in [3.8, 4) is 0 Å². The highest BCUT2D eigenvalue weighted by Gasteiger charge is 2.50. The lowest BCUT2D eigenvalue weighted by molar-refractivity contribution is 0.119. The van der Waals surface area contributed by atoms with Crippen LogP contribution in [0.1, 0.15) is 39.5 Å². The average Bonchev–Trinajstić information content (AvgIpc) is 2.43. The SMILES string of the molecule is CCC[C@@]1(O)C[C@H]1CC. The Bertz CT molecular complexity index is 101. The summed E-state index contributed by atoms with van der Waals surface area (Å²) < 4.78 is 0. The highest BCUT2D eigenvalue weighted by molar-refractivity contribution is 5.01. The molecular weight excluding hydrogens is 112 g/mol. The minimum absolute atomic E-state index is 0.233.